The summed E-state index contributed by atoms with van der Waals surface area (Å²) < 4.78 is 10.1. The summed E-state index contributed by atoms with van der Waals surface area (Å²) in [5, 5.41) is 23.5. The van der Waals surface area contributed by atoms with Crippen LogP contribution in [0.4, 0.5) is 0 Å². The van der Waals surface area contributed by atoms with Gasteiger partial charge in [-0.25, -0.2) is 0 Å². The third-order valence-corrected chi connectivity index (χ3v) is 12.2. The summed E-state index contributed by atoms with van der Waals surface area (Å²) in [4.78, 5) is 0. The van der Waals surface area contributed by atoms with E-state index in [4.69, 9.17) is 0 Å². The Morgan fingerprint density at radius 1 is 0.379 bits per heavy atom. The van der Waals surface area contributed by atoms with Gasteiger partial charge in [0.25, 0.3) is 0 Å². The molecule has 0 saturated carbocycles. The molecule has 8 aromatic carbocycles. The van der Waals surface area contributed by atoms with Crippen molar-refractivity contribution in [2.75, 3.05) is 0 Å². The van der Waals surface area contributed by atoms with E-state index in [0.29, 0.717) is 5.46 Å². The van der Waals surface area contributed by atoms with E-state index in [1.54, 1.807) is 6.07 Å². The second-order valence-electron chi connectivity index (χ2n) is 13.5. The van der Waals surface area contributed by atoms with Crippen LogP contribution in [0.5, 0.6) is 0 Å². The highest BCUT2D eigenvalue weighted by Crippen LogP contribution is 2.36. The molecule has 2 N–H and O–H groups in total. The number of hydrogen-bond acceptors (Lipinski definition) is 2. The molecule has 10 aromatic rings. The minimum Gasteiger partial charge on any atom is -0.423 e. The number of fused-ring (bicyclic) bond motifs is 6. The van der Waals surface area contributed by atoms with Gasteiger partial charge in [0.15, 0.2) is 0 Å². The number of halogens is 5. The molecular formula is C48H32BBr4IN2O2. The van der Waals surface area contributed by atoms with Crippen molar-refractivity contribution < 1.29 is 10.0 Å². The van der Waals surface area contributed by atoms with E-state index in [2.05, 4.69) is 223 Å². The van der Waals surface area contributed by atoms with E-state index in [1.807, 2.05) is 48.5 Å². The van der Waals surface area contributed by atoms with Crippen LogP contribution in [0.2, 0.25) is 0 Å². The minimum absolute atomic E-state index is 0.503. The smallest absolute Gasteiger partial charge is 0.423 e. The van der Waals surface area contributed by atoms with Gasteiger partial charge in [-0.1, -0.05) is 155 Å². The second kappa shape index (κ2) is 18.1. The molecule has 0 aliphatic rings. The number of nitrogens with zero attached hydrogens (tertiary/aromatic N) is 2. The molecule has 2 aromatic heterocycles. The Balaban J connectivity index is 0.000000136. The lowest BCUT2D eigenvalue weighted by molar-refractivity contribution is 0.426. The molecule has 0 saturated heterocycles. The van der Waals surface area contributed by atoms with Crippen LogP contribution in [0.15, 0.2) is 200 Å². The maximum Gasteiger partial charge on any atom is 0.488 e. The average Bonchev–Trinajstić information content (AvgIpc) is 3.73. The van der Waals surface area contributed by atoms with Crippen molar-refractivity contribution in [3.05, 3.63) is 203 Å². The Kier molecular flexibility index (Phi) is 12.7. The zero-order valence-electron chi connectivity index (χ0n) is 30.6. The fourth-order valence-electron chi connectivity index (χ4n) is 7.25. The molecule has 0 atom stereocenters. The lowest BCUT2D eigenvalue weighted by Crippen LogP contribution is -2.29. The van der Waals surface area contributed by atoms with Gasteiger partial charge in [0.2, 0.25) is 0 Å². The molecule has 0 aliphatic carbocycles. The van der Waals surface area contributed by atoms with Gasteiger partial charge in [-0.3, -0.25) is 0 Å². The molecule has 0 aliphatic heterocycles. The predicted molar refractivity (Wildman–Crippen MR) is 267 cm³/mol. The van der Waals surface area contributed by atoms with Crippen molar-refractivity contribution in [1.29, 1.82) is 0 Å². The lowest BCUT2D eigenvalue weighted by atomic mass is 9.80. The van der Waals surface area contributed by atoms with Gasteiger partial charge < -0.3 is 19.2 Å². The van der Waals surface area contributed by atoms with Crippen molar-refractivity contribution >= 4 is 143 Å². The molecule has 0 amide bonds. The van der Waals surface area contributed by atoms with Gasteiger partial charge in [0.05, 0.1) is 22.1 Å². The molecule has 0 radical (unpaired) electrons. The maximum absolute atomic E-state index is 9.43. The van der Waals surface area contributed by atoms with E-state index >= 15 is 0 Å². The summed E-state index contributed by atoms with van der Waals surface area (Å²) in [7, 11) is -1.46. The number of para-hydroxylation sites is 4. The molecular weight excluding hydrogens is 1090 g/mol. The van der Waals surface area contributed by atoms with Gasteiger partial charge >= 0.3 is 7.12 Å². The largest absolute Gasteiger partial charge is 0.488 e. The topological polar surface area (TPSA) is 50.3 Å². The van der Waals surface area contributed by atoms with Crippen LogP contribution in [0.1, 0.15) is 0 Å². The Hall–Kier alpha value is -4.01. The summed E-state index contributed by atoms with van der Waals surface area (Å²) in [6.45, 7) is 0. The molecule has 0 bridgehead atoms. The number of rotatable bonds is 4. The molecule has 284 valence electrons. The standard InChI is InChI=1S/C24H15Br2N.C18H14BNO2.C6H3Br2I/c25-18-12-17(13-19(26)15-18)16-10-11-24-22(14-16)21-8-4-5-9-23(21)27(24)20-6-2-1-3-7-20;21-19(22)13-10-11-18-16(12-13)15-8-4-5-9-17(15)20(18)14-6-2-1-3-7-14;7-4-1-5(8)3-6(9)2-4/h1-15H;1-12,21-22H;1-3H. The average molecular weight is 1130 g/mol. The van der Waals surface area contributed by atoms with E-state index in [0.717, 1.165) is 45.4 Å². The van der Waals surface area contributed by atoms with Gasteiger partial charge in [-0.05, 0) is 130 Å². The first-order valence-corrected chi connectivity index (χ1v) is 22.5. The molecule has 10 rings (SSSR count). The molecule has 0 spiro atoms. The van der Waals surface area contributed by atoms with Crippen LogP contribution in [0.3, 0.4) is 0 Å². The highest BCUT2D eigenvalue weighted by atomic mass is 127. The second-order valence-corrected chi connectivity index (χ2v) is 18.4. The van der Waals surface area contributed by atoms with Crippen molar-refractivity contribution in [1.82, 2.24) is 9.13 Å². The monoisotopic (exact) mass is 1120 g/mol. The van der Waals surface area contributed by atoms with E-state index in [9.17, 15) is 10.0 Å². The van der Waals surface area contributed by atoms with Crippen molar-refractivity contribution in [3.63, 3.8) is 0 Å². The van der Waals surface area contributed by atoms with E-state index in [1.165, 1.54) is 42.2 Å². The number of aromatic nitrogens is 2. The SMILES string of the molecule is Brc1cc(Br)cc(-c2ccc3c(c2)c2ccccc2n3-c2ccccc2)c1.Brc1cc(Br)cc(I)c1.OB(O)c1ccc2c(c1)c1ccccc1n2-c1ccccc1. The zero-order chi connectivity index (χ0) is 40.3. The van der Waals surface area contributed by atoms with Crippen LogP contribution in [-0.4, -0.2) is 26.3 Å². The van der Waals surface area contributed by atoms with Crippen LogP contribution in [0.25, 0.3) is 66.1 Å². The summed E-state index contributed by atoms with van der Waals surface area (Å²) in [5.41, 5.74) is 9.78. The third kappa shape index (κ3) is 8.79. The number of hydrogen-bond donors (Lipinski definition) is 2. The van der Waals surface area contributed by atoms with Gasteiger partial charge in [0, 0.05) is 54.4 Å². The van der Waals surface area contributed by atoms with Gasteiger partial charge in [-0.15, -0.1) is 0 Å². The Morgan fingerprint density at radius 3 is 1.28 bits per heavy atom. The maximum atomic E-state index is 9.43. The highest BCUT2D eigenvalue weighted by molar-refractivity contribution is 14.1. The molecule has 58 heavy (non-hydrogen) atoms. The summed E-state index contributed by atoms with van der Waals surface area (Å²) in [5.74, 6) is 0. The van der Waals surface area contributed by atoms with Crippen LogP contribution in [0, 0.1) is 3.57 Å². The van der Waals surface area contributed by atoms with Crippen LogP contribution < -0.4 is 5.46 Å². The van der Waals surface area contributed by atoms with Gasteiger partial charge in [0.1, 0.15) is 0 Å². The zero-order valence-corrected chi connectivity index (χ0v) is 39.1. The highest BCUT2D eigenvalue weighted by Gasteiger charge is 2.17. The van der Waals surface area contributed by atoms with Gasteiger partial charge in [-0.2, -0.15) is 0 Å². The molecule has 0 unspecified atom stereocenters. The van der Waals surface area contributed by atoms with Crippen molar-refractivity contribution in [2.24, 2.45) is 0 Å². The van der Waals surface area contributed by atoms with Crippen molar-refractivity contribution in [3.8, 4) is 22.5 Å². The molecule has 4 nitrogen and oxygen atoms in total. The molecule has 0 fully saturated rings. The molecule has 2 heterocycles. The first-order chi connectivity index (χ1) is 28.1. The first kappa shape index (κ1) is 40.8. The Morgan fingerprint density at radius 2 is 0.793 bits per heavy atom. The summed E-state index contributed by atoms with van der Waals surface area (Å²) >= 11 is 16.2. The quantitative estimate of drug-likeness (QED) is 0.136. The normalized spacial score (nSPS) is 11.0. The minimum atomic E-state index is -1.46. The Labute approximate surface area is 384 Å². The number of benzene rings is 8. The molecule has 10 heteroatoms. The lowest BCUT2D eigenvalue weighted by Gasteiger charge is -2.08. The fraction of sp³-hybridized carbons (Fsp3) is 0. The van der Waals surface area contributed by atoms with E-state index in [-0.39, 0.29) is 0 Å². The van der Waals surface area contributed by atoms with Crippen molar-refractivity contribution in [2.45, 2.75) is 0 Å². The summed E-state index contributed by atoms with van der Waals surface area (Å²) in [6, 6.07) is 62.3. The third-order valence-electron chi connectivity index (χ3n) is 9.72. The summed E-state index contributed by atoms with van der Waals surface area (Å²) in [6.07, 6.45) is 0. The predicted octanol–water partition coefficient (Wildman–Crippen LogP) is 14.3. The Bertz CT molecular complexity index is 2990. The van der Waals surface area contributed by atoms with Crippen LogP contribution >= 0.6 is 86.3 Å². The van der Waals surface area contributed by atoms with Crippen LogP contribution in [-0.2, 0) is 0 Å². The first-order valence-electron chi connectivity index (χ1n) is 18.3. The fourth-order valence-corrected chi connectivity index (χ4v) is 11.4. The van der Waals surface area contributed by atoms with E-state index < -0.39 is 7.12 Å².